The van der Waals surface area contributed by atoms with Gasteiger partial charge in [-0.15, -0.1) is 0 Å². The second kappa shape index (κ2) is 8.48. The molecule has 0 amide bonds. The maximum atomic E-state index is 11.6. The van der Waals surface area contributed by atoms with Crippen molar-refractivity contribution in [1.82, 2.24) is 5.32 Å². The topological polar surface area (TPSA) is 58.6 Å². The highest BCUT2D eigenvalue weighted by atomic mass is 16.6. The molecule has 0 spiro atoms. The number of aliphatic hydroxyl groups excluding tert-OH is 1. The summed E-state index contributed by atoms with van der Waals surface area (Å²) in [6, 6.07) is 0. The Morgan fingerprint density at radius 1 is 1.33 bits per heavy atom. The molecule has 0 saturated carbocycles. The number of nitrogens with one attached hydrogen (secondary N) is 1. The van der Waals surface area contributed by atoms with Crippen molar-refractivity contribution in [1.29, 1.82) is 0 Å². The summed E-state index contributed by atoms with van der Waals surface area (Å²) in [5.41, 5.74) is -0.451. The predicted octanol–water partition coefficient (Wildman–Crippen LogP) is 1.96. The fraction of sp³-hybridized carbons (Fsp3) is 0.929. The molecule has 4 heteroatoms. The van der Waals surface area contributed by atoms with Gasteiger partial charge in [0.15, 0.2) is 0 Å². The minimum absolute atomic E-state index is 0.0143. The maximum Gasteiger partial charge on any atom is 0.306 e. The first-order valence-corrected chi connectivity index (χ1v) is 6.78. The lowest BCUT2D eigenvalue weighted by Gasteiger charge is -2.21. The Hall–Kier alpha value is -0.610. The van der Waals surface area contributed by atoms with Crippen molar-refractivity contribution in [3.63, 3.8) is 0 Å². The average Bonchev–Trinajstić information content (AvgIpc) is 2.19. The van der Waals surface area contributed by atoms with E-state index in [4.69, 9.17) is 4.74 Å². The van der Waals surface area contributed by atoms with Gasteiger partial charge in [0.2, 0.25) is 0 Å². The standard InChI is InChI=1S/C14H29NO3/c1-11(2)9-15-7-6-12(10-16)8-13(17)18-14(3,4)5/h11-12,15-16H,6-10H2,1-5H3/t12-/m1/s1. The van der Waals surface area contributed by atoms with E-state index in [2.05, 4.69) is 19.2 Å². The molecule has 0 aromatic heterocycles. The van der Waals surface area contributed by atoms with E-state index in [0.29, 0.717) is 5.92 Å². The minimum Gasteiger partial charge on any atom is -0.460 e. The van der Waals surface area contributed by atoms with E-state index in [-0.39, 0.29) is 24.9 Å². The van der Waals surface area contributed by atoms with Gasteiger partial charge in [-0.1, -0.05) is 13.8 Å². The van der Waals surface area contributed by atoms with Crippen LogP contribution in [0.5, 0.6) is 0 Å². The molecule has 1 atom stereocenters. The predicted molar refractivity (Wildman–Crippen MR) is 73.4 cm³/mol. The lowest BCUT2D eigenvalue weighted by molar-refractivity contribution is -0.156. The second-order valence-corrected chi connectivity index (χ2v) is 6.23. The molecule has 0 radical (unpaired) electrons. The quantitative estimate of drug-likeness (QED) is 0.517. The van der Waals surface area contributed by atoms with Crippen molar-refractivity contribution < 1.29 is 14.6 Å². The van der Waals surface area contributed by atoms with E-state index in [1.807, 2.05) is 20.8 Å². The largest absolute Gasteiger partial charge is 0.460 e. The Bertz CT molecular complexity index is 234. The number of ether oxygens (including phenoxy) is 1. The first kappa shape index (κ1) is 17.4. The summed E-state index contributed by atoms with van der Waals surface area (Å²) in [7, 11) is 0. The van der Waals surface area contributed by atoms with Crippen LogP contribution < -0.4 is 5.32 Å². The molecule has 0 aliphatic heterocycles. The number of carbonyl (C=O) groups is 1. The first-order chi connectivity index (χ1) is 8.24. The number of carbonyl (C=O) groups excluding carboxylic acids is 1. The van der Waals surface area contributed by atoms with E-state index >= 15 is 0 Å². The molecule has 2 N–H and O–H groups in total. The van der Waals surface area contributed by atoms with Gasteiger partial charge in [0.1, 0.15) is 5.60 Å². The van der Waals surface area contributed by atoms with Crippen LogP contribution in [0.4, 0.5) is 0 Å². The molecule has 0 fully saturated rings. The third-order valence-electron chi connectivity index (χ3n) is 2.42. The fourth-order valence-corrected chi connectivity index (χ4v) is 1.57. The van der Waals surface area contributed by atoms with Gasteiger partial charge >= 0.3 is 5.97 Å². The zero-order valence-corrected chi connectivity index (χ0v) is 12.5. The van der Waals surface area contributed by atoms with Crippen LogP contribution in [0.15, 0.2) is 0 Å². The molecule has 0 aliphatic rings. The molecule has 0 aliphatic carbocycles. The summed E-state index contributed by atoms with van der Waals surface area (Å²) in [6.45, 7) is 11.7. The average molecular weight is 259 g/mol. The minimum atomic E-state index is -0.451. The van der Waals surface area contributed by atoms with Crippen LogP contribution in [0.1, 0.15) is 47.5 Å². The van der Waals surface area contributed by atoms with Crippen molar-refractivity contribution in [2.75, 3.05) is 19.7 Å². The highest BCUT2D eigenvalue weighted by molar-refractivity contribution is 5.70. The number of rotatable bonds is 8. The molecule has 0 unspecified atom stereocenters. The van der Waals surface area contributed by atoms with Gasteiger partial charge in [-0.2, -0.15) is 0 Å². The van der Waals surface area contributed by atoms with Gasteiger partial charge in [0.25, 0.3) is 0 Å². The number of hydrogen-bond donors (Lipinski definition) is 2. The Morgan fingerprint density at radius 3 is 2.39 bits per heavy atom. The summed E-state index contributed by atoms with van der Waals surface area (Å²) in [6.07, 6.45) is 1.08. The van der Waals surface area contributed by atoms with Gasteiger partial charge in [0, 0.05) is 6.61 Å². The van der Waals surface area contributed by atoms with Gasteiger partial charge in [-0.25, -0.2) is 0 Å². The molecular weight excluding hydrogens is 230 g/mol. The fourth-order valence-electron chi connectivity index (χ4n) is 1.57. The van der Waals surface area contributed by atoms with Crippen molar-refractivity contribution in [3.05, 3.63) is 0 Å². The molecule has 0 saturated heterocycles. The molecule has 0 bridgehead atoms. The molecule has 0 rings (SSSR count). The maximum absolute atomic E-state index is 11.6. The summed E-state index contributed by atoms with van der Waals surface area (Å²) in [5.74, 6) is 0.369. The van der Waals surface area contributed by atoms with Gasteiger partial charge in [-0.3, -0.25) is 4.79 Å². The first-order valence-electron chi connectivity index (χ1n) is 6.78. The normalized spacial score (nSPS) is 13.7. The van der Waals surface area contributed by atoms with Crippen LogP contribution in [-0.4, -0.2) is 36.4 Å². The van der Waals surface area contributed by atoms with E-state index in [9.17, 15) is 9.90 Å². The van der Waals surface area contributed by atoms with Crippen LogP contribution >= 0.6 is 0 Å². The van der Waals surface area contributed by atoms with Crippen LogP contribution in [0, 0.1) is 11.8 Å². The van der Waals surface area contributed by atoms with E-state index in [1.165, 1.54) is 0 Å². The number of hydrogen-bond acceptors (Lipinski definition) is 4. The van der Waals surface area contributed by atoms with Crippen molar-refractivity contribution >= 4 is 5.97 Å². The molecule has 0 heterocycles. The highest BCUT2D eigenvalue weighted by Gasteiger charge is 2.19. The number of aliphatic hydroxyl groups is 1. The number of esters is 1. The van der Waals surface area contributed by atoms with E-state index in [0.717, 1.165) is 19.5 Å². The van der Waals surface area contributed by atoms with E-state index in [1.54, 1.807) is 0 Å². The second-order valence-electron chi connectivity index (χ2n) is 6.23. The lowest BCUT2D eigenvalue weighted by Crippen LogP contribution is -2.28. The Labute approximate surface area is 111 Å². The van der Waals surface area contributed by atoms with Gasteiger partial charge in [0.05, 0.1) is 6.42 Å². The smallest absolute Gasteiger partial charge is 0.306 e. The highest BCUT2D eigenvalue weighted by Crippen LogP contribution is 2.13. The third kappa shape index (κ3) is 10.5. The Kier molecular flexibility index (Phi) is 8.20. The molecular formula is C14H29NO3. The van der Waals surface area contributed by atoms with Gasteiger partial charge in [-0.05, 0) is 52.1 Å². The van der Waals surface area contributed by atoms with Crippen LogP contribution in [0.3, 0.4) is 0 Å². The van der Waals surface area contributed by atoms with Crippen molar-refractivity contribution in [2.24, 2.45) is 11.8 Å². The molecule has 0 aromatic rings. The molecule has 4 nitrogen and oxygen atoms in total. The zero-order valence-electron chi connectivity index (χ0n) is 12.5. The summed E-state index contributed by atoms with van der Waals surface area (Å²) < 4.78 is 5.24. The zero-order chi connectivity index (χ0) is 14.2. The summed E-state index contributed by atoms with van der Waals surface area (Å²) in [4.78, 5) is 11.6. The van der Waals surface area contributed by atoms with Crippen LogP contribution in [-0.2, 0) is 9.53 Å². The SMILES string of the molecule is CC(C)CNCC[C@@H](CO)CC(=O)OC(C)(C)C. The Morgan fingerprint density at radius 2 is 1.94 bits per heavy atom. The van der Waals surface area contributed by atoms with Crippen LogP contribution in [0.25, 0.3) is 0 Å². The molecule has 0 aromatic carbocycles. The van der Waals surface area contributed by atoms with Gasteiger partial charge < -0.3 is 15.2 Å². The molecule has 108 valence electrons. The van der Waals surface area contributed by atoms with Crippen LogP contribution in [0.2, 0.25) is 0 Å². The van der Waals surface area contributed by atoms with Crippen molar-refractivity contribution in [3.8, 4) is 0 Å². The third-order valence-corrected chi connectivity index (χ3v) is 2.42. The van der Waals surface area contributed by atoms with E-state index < -0.39 is 5.60 Å². The Balaban J connectivity index is 3.86. The summed E-state index contributed by atoms with van der Waals surface area (Å²) in [5, 5.41) is 12.6. The summed E-state index contributed by atoms with van der Waals surface area (Å²) >= 11 is 0. The molecule has 18 heavy (non-hydrogen) atoms. The van der Waals surface area contributed by atoms with Crippen molar-refractivity contribution in [2.45, 2.75) is 53.1 Å². The lowest BCUT2D eigenvalue weighted by atomic mass is 10.0. The monoisotopic (exact) mass is 259 g/mol.